The molecule has 2 unspecified atom stereocenters. The number of nitrogens with zero attached hydrogens (tertiary/aromatic N) is 4. The van der Waals surface area contributed by atoms with Crippen molar-refractivity contribution < 1.29 is 23.2 Å². The standard InChI is InChI=1S/C23H33N5O5S2/c1-2-3-13-33-20-6-4-19(5-7-20)26-9-11-28(12-10-26)35(31,32)21-15-18(22(29)25-30)16-27(17-21)23-24-8-14-34-23/h4-8,14,18,21,30H,2-3,9-13,15-17H2,1H3,(H,25,29). The second-order valence-electron chi connectivity index (χ2n) is 8.88. The number of sulfonamides is 1. The Bertz CT molecular complexity index is 1060. The van der Waals surface area contributed by atoms with Crippen LogP contribution in [0.5, 0.6) is 5.75 Å². The smallest absolute Gasteiger partial charge is 0.248 e. The second kappa shape index (κ2) is 11.5. The number of carbonyl (C=O) groups is 1. The van der Waals surface area contributed by atoms with E-state index in [2.05, 4.69) is 16.8 Å². The molecule has 1 aromatic heterocycles. The number of hydroxylamine groups is 1. The summed E-state index contributed by atoms with van der Waals surface area (Å²) in [5, 5.41) is 10.9. The summed E-state index contributed by atoms with van der Waals surface area (Å²) in [4.78, 5) is 20.5. The van der Waals surface area contributed by atoms with Crippen molar-refractivity contribution >= 4 is 38.1 Å². The molecule has 0 radical (unpaired) electrons. The summed E-state index contributed by atoms with van der Waals surface area (Å²) in [6.07, 6.45) is 3.93. The van der Waals surface area contributed by atoms with Gasteiger partial charge in [-0.05, 0) is 37.1 Å². The largest absolute Gasteiger partial charge is 0.494 e. The fourth-order valence-corrected chi connectivity index (χ4v) is 7.18. The van der Waals surface area contributed by atoms with Crippen LogP contribution in [0, 0.1) is 5.92 Å². The minimum Gasteiger partial charge on any atom is -0.494 e. The van der Waals surface area contributed by atoms with Crippen LogP contribution in [0.15, 0.2) is 35.8 Å². The molecular formula is C23H33N5O5S2. The number of aromatic nitrogens is 1. The fraction of sp³-hybridized carbons (Fsp3) is 0.565. The zero-order chi connectivity index (χ0) is 24.8. The van der Waals surface area contributed by atoms with Crippen molar-refractivity contribution in [2.45, 2.75) is 31.4 Å². The summed E-state index contributed by atoms with van der Waals surface area (Å²) < 4.78 is 34.4. The van der Waals surface area contributed by atoms with Gasteiger partial charge in [0.15, 0.2) is 5.13 Å². The monoisotopic (exact) mass is 523 g/mol. The average molecular weight is 524 g/mol. The van der Waals surface area contributed by atoms with Gasteiger partial charge in [-0.25, -0.2) is 18.9 Å². The molecule has 0 saturated carbocycles. The first-order valence-electron chi connectivity index (χ1n) is 12.0. The zero-order valence-corrected chi connectivity index (χ0v) is 21.5. The van der Waals surface area contributed by atoms with Crippen LogP contribution in [0.2, 0.25) is 0 Å². The third-order valence-corrected chi connectivity index (χ3v) is 9.67. The fourth-order valence-electron chi connectivity index (χ4n) is 4.58. The number of hydrogen-bond donors (Lipinski definition) is 2. The first kappa shape index (κ1) is 25.7. The van der Waals surface area contributed by atoms with Gasteiger partial charge < -0.3 is 14.5 Å². The predicted molar refractivity (Wildman–Crippen MR) is 136 cm³/mol. The van der Waals surface area contributed by atoms with Gasteiger partial charge in [-0.3, -0.25) is 10.0 Å². The number of carbonyl (C=O) groups excluding carboxylic acids is 1. The number of benzene rings is 1. The van der Waals surface area contributed by atoms with Crippen LogP contribution in [0.25, 0.3) is 0 Å². The number of rotatable bonds is 9. The summed E-state index contributed by atoms with van der Waals surface area (Å²) in [6.45, 7) is 5.33. The van der Waals surface area contributed by atoms with Crippen LogP contribution in [0.3, 0.4) is 0 Å². The quantitative estimate of drug-likeness (QED) is 0.292. The van der Waals surface area contributed by atoms with Crippen molar-refractivity contribution in [2.24, 2.45) is 5.92 Å². The van der Waals surface area contributed by atoms with Crippen LogP contribution < -0.4 is 20.0 Å². The van der Waals surface area contributed by atoms with Gasteiger partial charge in [0.1, 0.15) is 5.75 Å². The lowest BCUT2D eigenvalue weighted by Crippen LogP contribution is -2.56. The molecule has 12 heteroatoms. The van der Waals surface area contributed by atoms with Crippen LogP contribution in [0.4, 0.5) is 10.8 Å². The Kier molecular flexibility index (Phi) is 8.47. The Labute approximate surface area is 210 Å². The van der Waals surface area contributed by atoms with Gasteiger partial charge in [0.05, 0.1) is 17.8 Å². The van der Waals surface area contributed by atoms with Gasteiger partial charge in [0.2, 0.25) is 15.9 Å². The van der Waals surface area contributed by atoms with E-state index in [0.717, 1.165) is 24.3 Å². The Balaban J connectivity index is 1.39. The first-order chi connectivity index (χ1) is 16.9. The highest BCUT2D eigenvalue weighted by Crippen LogP contribution is 2.30. The Morgan fingerprint density at radius 3 is 2.54 bits per heavy atom. The number of amides is 1. The highest BCUT2D eigenvalue weighted by molar-refractivity contribution is 7.89. The lowest BCUT2D eigenvalue weighted by atomic mass is 9.97. The van der Waals surface area contributed by atoms with E-state index in [1.165, 1.54) is 15.6 Å². The van der Waals surface area contributed by atoms with E-state index in [1.807, 2.05) is 34.5 Å². The third kappa shape index (κ3) is 6.05. The topological polar surface area (TPSA) is 115 Å². The van der Waals surface area contributed by atoms with Crippen LogP contribution in [-0.2, 0) is 14.8 Å². The van der Waals surface area contributed by atoms with E-state index in [0.29, 0.717) is 44.5 Å². The summed E-state index contributed by atoms with van der Waals surface area (Å²) in [6, 6.07) is 7.93. The van der Waals surface area contributed by atoms with Gasteiger partial charge in [0.25, 0.3) is 0 Å². The van der Waals surface area contributed by atoms with Crippen molar-refractivity contribution in [3.63, 3.8) is 0 Å². The number of anilines is 2. The molecular weight excluding hydrogens is 490 g/mol. The van der Waals surface area contributed by atoms with Crippen molar-refractivity contribution in [2.75, 3.05) is 55.7 Å². The molecule has 4 rings (SSSR count). The normalized spacial score (nSPS) is 21.7. The molecule has 2 atom stereocenters. The number of nitrogens with one attached hydrogen (secondary N) is 1. The van der Waals surface area contributed by atoms with E-state index < -0.39 is 27.1 Å². The van der Waals surface area contributed by atoms with E-state index in [9.17, 15) is 13.2 Å². The molecule has 3 heterocycles. The summed E-state index contributed by atoms with van der Waals surface area (Å²) in [7, 11) is -3.65. The molecule has 35 heavy (non-hydrogen) atoms. The van der Waals surface area contributed by atoms with Crippen molar-refractivity contribution in [1.29, 1.82) is 0 Å². The van der Waals surface area contributed by atoms with Gasteiger partial charge in [-0.2, -0.15) is 4.31 Å². The van der Waals surface area contributed by atoms with Crippen LogP contribution >= 0.6 is 11.3 Å². The second-order valence-corrected chi connectivity index (χ2v) is 12.0. The molecule has 2 fully saturated rings. The number of thiazole rings is 1. The molecule has 2 N–H and O–H groups in total. The number of unbranched alkanes of at least 4 members (excludes halogenated alkanes) is 1. The van der Waals surface area contributed by atoms with E-state index >= 15 is 0 Å². The maximum absolute atomic E-state index is 13.6. The molecule has 2 aliphatic heterocycles. The SMILES string of the molecule is CCCCOc1ccc(N2CCN(S(=O)(=O)C3CC(C(=O)NO)CN(c4nccs4)C3)CC2)cc1. The van der Waals surface area contributed by atoms with Crippen molar-refractivity contribution in [3.05, 3.63) is 35.8 Å². The average Bonchev–Trinajstić information content (AvgIpc) is 3.44. The highest BCUT2D eigenvalue weighted by atomic mass is 32.2. The molecule has 192 valence electrons. The summed E-state index contributed by atoms with van der Waals surface area (Å²) in [5.74, 6) is -0.373. The van der Waals surface area contributed by atoms with Gasteiger partial charge in [0, 0.05) is 56.5 Å². The zero-order valence-electron chi connectivity index (χ0n) is 19.9. The number of piperidine rings is 1. The molecule has 2 aromatic rings. The first-order valence-corrected chi connectivity index (χ1v) is 14.4. The Hall–Kier alpha value is -2.41. The Morgan fingerprint density at radius 1 is 1.17 bits per heavy atom. The highest BCUT2D eigenvalue weighted by Gasteiger charge is 2.42. The van der Waals surface area contributed by atoms with Crippen molar-refractivity contribution in [3.8, 4) is 5.75 Å². The minimum absolute atomic E-state index is 0.163. The summed E-state index contributed by atoms with van der Waals surface area (Å²) >= 11 is 1.40. The molecule has 1 aromatic carbocycles. The van der Waals surface area contributed by atoms with Gasteiger partial charge >= 0.3 is 0 Å². The lowest BCUT2D eigenvalue weighted by molar-refractivity contribution is -0.133. The summed E-state index contributed by atoms with van der Waals surface area (Å²) in [5.41, 5.74) is 2.73. The number of piperazine rings is 1. The maximum Gasteiger partial charge on any atom is 0.248 e. The van der Waals surface area contributed by atoms with E-state index in [4.69, 9.17) is 9.94 Å². The number of hydrogen-bond acceptors (Lipinski definition) is 9. The molecule has 2 aliphatic rings. The maximum atomic E-state index is 13.6. The Morgan fingerprint density at radius 2 is 1.91 bits per heavy atom. The molecule has 0 bridgehead atoms. The van der Waals surface area contributed by atoms with Gasteiger partial charge in [-0.1, -0.05) is 13.3 Å². The minimum atomic E-state index is -3.65. The van der Waals surface area contributed by atoms with Crippen LogP contribution in [-0.4, -0.2) is 79.9 Å². The molecule has 0 aliphatic carbocycles. The third-order valence-electron chi connectivity index (χ3n) is 6.57. The van der Waals surface area contributed by atoms with E-state index in [-0.39, 0.29) is 13.0 Å². The van der Waals surface area contributed by atoms with E-state index in [1.54, 1.807) is 11.7 Å². The number of ether oxygens (including phenoxy) is 1. The van der Waals surface area contributed by atoms with Crippen molar-refractivity contribution in [1.82, 2.24) is 14.8 Å². The molecule has 2 saturated heterocycles. The molecule has 1 amide bonds. The van der Waals surface area contributed by atoms with Crippen LogP contribution in [0.1, 0.15) is 26.2 Å². The lowest BCUT2D eigenvalue weighted by Gasteiger charge is -2.41. The molecule has 10 nitrogen and oxygen atoms in total. The van der Waals surface area contributed by atoms with Gasteiger partial charge in [-0.15, -0.1) is 11.3 Å². The molecule has 0 spiro atoms. The predicted octanol–water partition coefficient (Wildman–Crippen LogP) is 2.17.